The van der Waals surface area contributed by atoms with Crippen LogP contribution in [-0.4, -0.2) is 234 Å². The summed E-state index contributed by atoms with van der Waals surface area (Å²) >= 11 is 0. The van der Waals surface area contributed by atoms with Crippen LogP contribution < -0.4 is 26.6 Å². The lowest BCUT2D eigenvalue weighted by molar-refractivity contribution is -0.282. The van der Waals surface area contributed by atoms with Crippen LogP contribution in [0.4, 0.5) is 0 Å². The Labute approximate surface area is 515 Å². The number of nitrogens with one attached hydrogen (secondary N) is 5. The molecule has 26 heteroatoms. The van der Waals surface area contributed by atoms with Gasteiger partial charge in [-0.2, -0.15) is 0 Å². The van der Waals surface area contributed by atoms with Crippen molar-refractivity contribution >= 4 is 29.5 Å². The van der Waals surface area contributed by atoms with E-state index < -0.39 is 117 Å². The molecular formula is C61H113N5O21. The average Bonchev–Trinajstić information content (AvgIpc) is 3.09. The SMILES string of the molecule is COCCCCCCNC(=O)CCCC(=O)NC(CCC(=O)NCCCCCCOC1OC(CO)C(O)C(O)C1C)(CCC(=O)NCCCCCCOC1OC(CO)C(O)C(O)C1C)CCC(=O)NCCCCCCOC1OC(CO)C(O)C(O)C1C. The van der Waals surface area contributed by atoms with Crippen LogP contribution in [0.25, 0.3) is 0 Å². The van der Waals surface area contributed by atoms with Gasteiger partial charge in [-0.1, -0.05) is 72.1 Å². The third-order valence-corrected chi connectivity index (χ3v) is 16.9. The quantitative estimate of drug-likeness (QED) is 0.0378. The van der Waals surface area contributed by atoms with Gasteiger partial charge in [0, 0.05) is 115 Å². The van der Waals surface area contributed by atoms with Gasteiger partial charge in [0.05, 0.1) is 38.1 Å². The first kappa shape index (κ1) is 78.0. The molecule has 5 amide bonds. The van der Waals surface area contributed by atoms with Crippen molar-refractivity contribution in [2.24, 2.45) is 17.8 Å². The van der Waals surface area contributed by atoms with Crippen molar-refractivity contribution < 1.29 is 103 Å². The molecule has 3 rings (SSSR count). The highest BCUT2D eigenvalue weighted by molar-refractivity contribution is 5.81. The number of carbonyl (C=O) groups excluding carboxylic acids is 5. The van der Waals surface area contributed by atoms with Crippen LogP contribution in [0.2, 0.25) is 0 Å². The van der Waals surface area contributed by atoms with Crippen LogP contribution in [0.15, 0.2) is 0 Å². The standard InChI is InChI=1S/C61H113N5O21/c1-41-52(75)55(78)44(38-67)85-58(41)82-35-18-10-6-14-31-63-48(71)24-27-61(66-51(74)23-21-22-47(70)62-30-13-5-9-17-34-81-4,28-25-49(72)64-32-15-7-11-19-36-83-59-42(2)53(76)56(79)45(39-68)86-59)29-26-50(73)65-33-16-8-12-20-37-84-60-43(3)54(77)57(80)46(40-69)87-60/h41-46,52-60,67-69,75-80H,5-40H2,1-4H3,(H,62,70)(H,63,71)(H,64,72)(H,65,73)(H,66,74). The number of unbranched alkanes of at least 4 members (excludes halogenated alkanes) is 12. The highest BCUT2D eigenvalue weighted by Crippen LogP contribution is 2.31. The molecule has 0 aliphatic carbocycles. The van der Waals surface area contributed by atoms with Gasteiger partial charge in [-0.3, -0.25) is 24.0 Å². The summed E-state index contributed by atoms with van der Waals surface area (Å²) < 4.78 is 39.5. The maximum absolute atomic E-state index is 13.9. The van der Waals surface area contributed by atoms with E-state index in [0.717, 1.165) is 64.2 Å². The van der Waals surface area contributed by atoms with Gasteiger partial charge in [0.1, 0.15) is 36.6 Å². The van der Waals surface area contributed by atoms with Gasteiger partial charge in [0.25, 0.3) is 0 Å². The first-order valence-electron chi connectivity index (χ1n) is 32.4. The molecule has 3 heterocycles. The number of aliphatic hydroxyl groups is 9. The molecule has 0 aromatic rings. The molecule has 3 aliphatic heterocycles. The molecule has 14 N–H and O–H groups in total. The zero-order valence-corrected chi connectivity index (χ0v) is 52.5. The molecule has 3 aliphatic rings. The second-order valence-electron chi connectivity index (χ2n) is 24.0. The lowest BCUT2D eigenvalue weighted by atomic mass is 9.82. The smallest absolute Gasteiger partial charge is 0.220 e. The van der Waals surface area contributed by atoms with E-state index in [1.54, 1.807) is 27.9 Å². The van der Waals surface area contributed by atoms with Crippen LogP contribution in [0.3, 0.4) is 0 Å². The summed E-state index contributed by atoms with van der Waals surface area (Å²) in [6.45, 7) is 7.11. The van der Waals surface area contributed by atoms with E-state index in [9.17, 15) is 69.9 Å². The van der Waals surface area contributed by atoms with E-state index in [2.05, 4.69) is 26.6 Å². The Hall–Kier alpha value is -3.29. The molecule has 0 spiro atoms. The maximum Gasteiger partial charge on any atom is 0.220 e. The Morgan fingerprint density at radius 1 is 0.368 bits per heavy atom. The minimum atomic E-state index is -1.21. The second-order valence-corrected chi connectivity index (χ2v) is 24.0. The van der Waals surface area contributed by atoms with Crippen molar-refractivity contribution in [2.45, 2.75) is 261 Å². The molecule has 0 radical (unpaired) electrons. The monoisotopic (exact) mass is 1250 g/mol. The number of hydrogen-bond donors (Lipinski definition) is 14. The van der Waals surface area contributed by atoms with Crippen LogP contribution in [0.5, 0.6) is 0 Å². The molecule has 508 valence electrons. The average molecular weight is 1250 g/mol. The molecule has 0 bridgehead atoms. The Bertz CT molecular complexity index is 1710. The van der Waals surface area contributed by atoms with Gasteiger partial charge in [-0.25, -0.2) is 0 Å². The predicted octanol–water partition coefficient (Wildman–Crippen LogP) is 0.980. The maximum atomic E-state index is 13.9. The Balaban J connectivity index is 1.59. The fourth-order valence-electron chi connectivity index (χ4n) is 11.0. The lowest BCUT2D eigenvalue weighted by Crippen LogP contribution is -2.55. The van der Waals surface area contributed by atoms with E-state index in [-0.39, 0.29) is 87.3 Å². The molecule has 0 saturated carbocycles. The van der Waals surface area contributed by atoms with Crippen LogP contribution in [0, 0.1) is 17.8 Å². The number of carbonyl (C=O) groups is 5. The molecule has 3 fully saturated rings. The first-order valence-corrected chi connectivity index (χ1v) is 32.4. The number of ether oxygens (including phenoxy) is 7. The molecular weight excluding hydrogens is 1140 g/mol. The van der Waals surface area contributed by atoms with Crippen LogP contribution >= 0.6 is 0 Å². The van der Waals surface area contributed by atoms with Crippen molar-refractivity contribution in [2.75, 3.05) is 79.5 Å². The number of rotatable bonds is 48. The number of aliphatic hydroxyl groups excluding tert-OH is 9. The fourth-order valence-corrected chi connectivity index (χ4v) is 11.0. The summed E-state index contributed by atoms with van der Waals surface area (Å²) in [5.74, 6) is -2.82. The minimum absolute atomic E-state index is 0.000781. The second kappa shape index (κ2) is 45.1. The van der Waals surface area contributed by atoms with E-state index in [0.29, 0.717) is 91.1 Å². The van der Waals surface area contributed by atoms with Gasteiger partial charge in [-0.15, -0.1) is 0 Å². The van der Waals surface area contributed by atoms with Gasteiger partial charge < -0.3 is 106 Å². The summed E-state index contributed by atoms with van der Waals surface area (Å²) in [6.07, 6.45) is 1.00. The Morgan fingerprint density at radius 3 is 0.943 bits per heavy atom. The summed E-state index contributed by atoms with van der Waals surface area (Å²) in [4.78, 5) is 67.2. The lowest BCUT2D eigenvalue weighted by Gasteiger charge is -2.40. The molecule has 0 aromatic carbocycles. The van der Waals surface area contributed by atoms with E-state index in [4.69, 9.17) is 33.2 Å². The molecule has 15 atom stereocenters. The van der Waals surface area contributed by atoms with Crippen molar-refractivity contribution in [3.05, 3.63) is 0 Å². The highest BCUT2D eigenvalue weighted by Gasteiger charge is 2.45. The summed E-state index contributed by atoms with van der Waals surface area (Å²) in [5.41, 5.74) is -1.16. The summed E-state index contributed by atoms with van der Waals surface area (Å²) in [5, 5.41) is 105. The first-order chi connectivity index (χ1) is 41.8. The van der Waals surface area contributed by atoms with Crippen molar-refractivity contribution in [3.8, 4) is 0 Å². The van der Waals surface area contributed by atoms with Gasteiger partial charge in [0.2, 0.25) is 29.5 Å². The topological polar surface area (TPSA) is 392 Å². The van der Waals surface area contributed by atoms with E-state index >= 15 is 0 Å². The van der Waals surface area contributed by atoms with E-state index in [1.807, 2.05) is 0 Å². The normalized spacial score (nSPS) is 28.1. The predicted molar refractivity (Wildman–Crippen MR) is 319 cm³/mol. The molecule has 3 saturated heterocycles. The Morgan fingerprint density at radius 2 is 0.644 bits per heavy atom. The number of amides is 5. The minimum Gasteiger partial charge on any atom is -0.394 e. The van der Waals surface area contributed by atoms with Gasteiger partial charge in [0.15, 0.2) is 18.9 Å². The fraction of sp³-hybridized carbons (Fsp3) is 0.918. The van der Waals surface area contributed by atoms with Crippen LogP contribution in [0.1, 0.15) is 181 Å². The molecule has 87 heavy (non-hydrogen) atoms. The van der Waals surface area contributed by atoms with Crippen LogP contribution in [-0.2, 0) is 57.1 Å². The zero-order valence-electron chi connectivity index (χ0n) is 52.5. The highest BCUT2D eigenvalue weighted by atomic mass is 16.7. The van der Waals surface area contributed by atoms with Gasteiger partial charge >= 0.3 is 0 Å². The van der Waals surface area contributed by atoms with E-state index in [1.165, 1.54) is 0 Å². The molecule has 15 unspecified atom stereocenters. The largest absolute Gasteiger partial charge is 0.394 e. The van der Waals surface area contributed by atoms with Crippen molar-refractivity contribution in [3.63, 3.8) is 0 Å². The third kappa shape index (κ3) is 30.1. The zero-order chi connectivity index (χ0) is 64.0. The number of hydrogen-bond acceptors (Lipinski definition) is 21. The Kier molecular flexibility index (Phi) is 40.4. The van der Waals surface area contributed by atoms with Crippen molar-refractivity contribution in [1.29, 1.82) is 0 Å². The summed E-state index contributed by atoms with van der Waals surface area (Å²) in [6, 6.07) is 0. The number of methoxy groups -OCH3 is 1. The third-order valence-electron chi connectivity index (χ3n) is 16.9. The van der Waals surface area contributed by atoms with Crippen molar-refractivity contribution in [1.82, 2.24) is 26.6 Å². The summed E-state index contributed by atoms with van der Waals surface area (Å²) in [7, 11) is 1.66. The van der Waals surface area contributed by atoms with Gasteiger partial charge in [-0.05, 0) is 77.0 Å². The molecule has 0 aromatic heterocycles. The molecule has 26 nitrogen and oxygen atoms in total.